The SMILES string of the molecule is CC[C@H](C)[C@@H](NC(=O)c1ccc(OC)cc1)c1nc(-c2cc(OC)c(OC)c(OC)c2)no1. The molecule has 0 aliphatic heterocycles. The Morgan fingerprint density at radius 2 is 1.64 bits per heavy atom. The molecule has 9 heteroatoms. The zero-order chi connectivity index (χ0) is 24.0. The third-order valence-electron chi connectivity index (χ3n) is 5.48. The lowest BCUT2D eigenvalue weighted by atomic mass is 9.98. The van der Waals surface area contributed by atoms with Gasteiger partial charge in [0, 0.05) is 11.1 Å². The highest BCUT2D eigenvalue weighted by molar-refractivity contribution is 5.94. The number of amides is 1. The minimum atomic E-state index is -0.465. The van der Waals surface area contributed by atoms with Gasteiger partial charge in [-0.25, -0.2) is 0 Å². The number of carbonyl (C=O) groups excluding carboxylic acids is 1. The van der Waals surface area contributed by atoms with Crippen molar-refractivity contribution in [1.29, 1.82) is 0 Å². The number of rotatable bonds is 10. The maximum atomic E-state index is 12.9. The van der Waals surface area contributed by atoms with E-state index in [0.29, 0.717) is 45.8 Å². The zero-order valence-corrected chi connectivity index (χ0v) is 19.7. The molecule has 0 saturated heterocycles. The van der Waals surface area contributed by atoms with Crippen molar-refractivity contribution in [3.63, 3.8) is 0 Å². The lowest BCUT2D eigenvalue weighted by Crippen LogP contribution is -2.32. The molecule has 1 aromatic heterocycles. The maximum Gasteiger partial charge on any atom is 0.251 e. The number of methoxy groups -OCH3 is 4. The molecule has 3 aromatic rings. The topological polar surface area (TPSA) is 105 Å². The van der Waals surface area contributed by atoms with E-state index in [1.165, 1.54) is 21.3 Å². The number of aromatic nitrogens is 2. The zero-order valence-electron chi connectivity index (χ0n) is 19.7. The van der Waals surface area contributed by atoms with Crippen LogP contribution >= 0.6 is 0 Å². The van der Waals surface area contributed by atoms with Crippen LogP contribution < -0.4 is 24.3 Å². The van der Waals surface area contributed by atoms with Gasteiger partial charge in [-0.15, -0.1) is 0 Å². The summed E-state index contributed by atoms with van der Waals surface area (Å²) in [6, 6.07) is 9.90. The Morgan fingerprint density at radius 3 is 2.15 bits per heavy atom. The summed E-state index contributed by atoms with van der Waals surface area (Å²) in [5.74, 6) is 2.57. The Bertz CT molecular complexity index is 1060. The Kier molecular flexibility index (Phi) is 7.76. The van der Waals surface area contributed by atoms with Crippen molar-refractivity contribution >= 4 is 5.91 Å². The van der Waals surface area contributed by atoms with Gasteiger partial charge in [-0.3, -0.25) is 4.79 Å². The molecule has 0 radical (unpaired) electrons. The van der Waals surface area contributed by atoms with Crippen LogP contribution in [0.3, 0.4) is 0 Å². The van der Waals surface area contributed by atoms with E-state index in [9.17, 15) is 4.79 Å². The second-order valence-electron chi connectivity index (χ2n) is 7.44. The molecule has 33 heavy (non-hydrogen) atoms. The Morgan fingerprint density at radius 1 is 1.00 bits per heavy atom. The van der Waals surface area contributed by atoms with Crippen LogP contribution in [0, 0.1) is 5.92 Å². The first-order valence-corrected chi connectivity index (χ1v) is 10.5. The van der Waals surface area contributed by atoms with Gasteiger partial charge in [-0.05, 0) is 42.3 Å². The number of hydrogen-bond acceptors (Lipinski definition) is 8. The minimum Gasteiger partial charge on any atom is -0.497 e. The van der Waals surface area contributed by atoms with E-state index >= 15 is 0 Å². The number of nitrogens with zero attached hydrogens (tertiary/aromatic N) is 2. The van der Waals surface area contributed by atoms with Crippen LogP contribution in [-0.4, -0.2) is 44.5 Å². The van der Waals surface area contributed by atoms with Crippen LogP contribution in [0.25, 0.3) is 11.4 Å². The molecule has 9 nitrogen and oxygen atoms in total. The molecule has 176 valence electrons. The first-order valence-electron chi connectivity index (χ1n) is 10.5. The Labute approximate surface area is 193 Å². The van der Waals surface area contributed by atoms with E-state index in [0.717, 1.165) is 6.42 Å². The predicted molar refractivity (Wildman–Crippen MR) is 122 cm³/mol. The monoisotopic (exact) mass is 455 g/mol. The highest BCUT2D eigenvalue weighted by Gasteiger charge is 2.27. The molecule has 0 spiro atoms. The fourth-order valence-electron chi connectivity index (χ4n) is 3.34. The van der Waals surface area contributed by atoms with Crippen molar-refractivity contribution in [2.45, 2.75) is 26.3 Å². The van der Waals surface area contributed by atoms with Crippen molar-refractivity contribution < 1.29 is 28.3 Å². The molecule has 1 heterocycles. The molecule has 0 saturated carbocycles. The van der Waals surface area contributed by atoms with Gasteiger partial charge in [0.1, 0.15) is 11.8 Å². The molecule has 0 aliphatic rings. The lowest BCUT2D eigenvalue weighted by Gasteiger charge is -2.20. The predicted octanol–water partition coefficient (Wildman–Crippen LogP) is 4.29. The Hall–Kier alpha value is -3.75. The highest BCUT2D eigenvalue weighted by atomic mass is 16.5. The largest absolute Gasteiger partial charge is 0.497 e. The maximum absolute atomic E-state index is 12.9. The van der Waals surface area contributed by atoms with Crippen LogP contribution in [0.5, 0.6) is 23.0 Å². The normalized spacial score (nSPS) is 12.5. The summed E-state index contributed by atoms with van der Waals surface area (Å²) in [6.45, 7) is 4.05. The van der Waals surface area contributed by atoms with Gasteiger partial charge in [0.25, 0.3) is 5.91 Å². The number of nitrogens with one attached hydrogen (secondary N) is 1. The first kappa shape index (κ1) is 23.9. The van der Waals surface area contributed by atoms with E-state index in [1.54, 1.807) is 43.5 Å². The van der Waals surface area contributed by atoms with Gasteiger partial charge in [0.15, 0.2) is 11.5 Å². The standard InChI is InChI=1S/C24H29N3O6/c1-7-14(2)20(25-23(28)15-8-10-17(29-3)11-9-15)24-26-22(27-33-24)16-12-18(30-4)21(32-6)19(13-16)31-5/h8-14,20H,7H2,1-6H3,(H,25,28)/t14-,20+/m0/s1. The van der Waals surface area contributed by atoms with Crippen LogP contribution in [0.1, 0.15) is 42.6 Å². The average Bonchev–Trinajstić information content (AvgIpc) is 3.35. The molecule has 1 amide bonds. The second kappa shape index (κ2) is 10.7. The summed E-state index contributed by atoms with van der Waals surface area (Å²) < 4.78 is 26.9. The van der Waals surface area contributed by atoms with Gasteiger partial charge in [-0.2, -0.15) is 4.98 Å². The van der Waals surface area contributed by atoms with Crippen LogP contribution in [0.4, 0.5) is 0 Å². The van der Waals surface area contributed by atoms with E-state index in [1.807, 2.05) is 13.8 Å². The number of ether oxygens (including phenoxy) is 4. The molecule has 0 fully saturated rings. The number of hydrogen-bond donors (Lipinski definition) is 1. The van der Waals surface area contributed by atoms with Gasteiger partial charge in [-0.1, -0.05) is 25.4 Å². The molecule has 1 N–H and O–H groups in total. The molecular weight excluding hydrogens is 426 g/mol. The minimum absolute atomic E-state index is 0.0560. The van der Waals surface area contributed by atoms with Gasteiger partial charge < -0.3 is 28.8 Å². The van der Waals surface area contributed by atoms with Crippen molar-refractivity contribution in [3.8, 4) is 34.4 Å². The van der Waals surface area contributed by atoms with Crippen LogP contribution in [0.15, 0.2) is 40.9 Å². The van der Waals surface area contributed by atoms with Crippen molar-refractivity contribution in [2.75, 3.05) is 28.4 Å². The first-order chi connectivity index (χ1) is 15.9. The van der Waals surface area contributed by atoms with Crippen molar-refractivity contribution in [1.82, 2.24) is 15.5 Å². The summed E-state index contributed by atoms with van der Waals surface area (Å²) in [7, 11) is 6.19. The molecule has 0 unspecified atom stereocenters. The van der Waals surface area contributed by atoms with E-state index in [2.05, 4.69) is 15.5 Å². The molecule has 2 atom stereocenters. The lowest BCUT2D eigenvalue weighted by molar-refractivity contribution is 0.0910. The summed E-state index contributed by atoms with van der Waals surface area (Å²) in [4.78, 5) is 17.4. The summed E-state index contributed by atoms with van der Waals surface area (Å²) in [6.07, 6.45) is 0.801. The van der Waals surface area contributed by atoms with E-state index in [-0.39, 0.29) is 11.8 Å². The van der Waals surface area contributed by atoms with Gasteiger partial charge in [0.05, 0.1) is 28.4 Å². The quantitative estimate of drug-likeness (QED) is 0.483. The van der Waals surface area contributed by atoms with Gasteiger partial charge >= 0.3 is 0 Å². The van der Waals surface area contributed by atoms with Crippen molar-refractivity contribution in [2.24, 2.45) is 5.92 Å². The molecule has 2 aromatic carbocycles. The third kappa shape index (κ3) is 5.19. The molecule has 0 bridgehead atoms. The van der Waals surface area contributed by atoms with E-state index < -0.39 is 6.04 Å². The third-order valence-corrected chi connectivity index (χ3v) is 5.48. The summed E-state index contributed by atoms with van der Waals surface area (Å²) in [5, 5.41) is 7.15. The fourth-order valence-corrected chi connectivity index (χ4v) is 3.34. The summed E-state index contributed by atoms with van der Waals surface area (Å²) in [5.41, 5.74) is 1.14. The summed E-state index contributed by atoms with van der Waals surface area (Å²) >= 11 is 0. The molecular formula is C24H29N3O6. The highest BCUT2D eigenvalue weighted by Crippen LogP contribution is 2.40. The van der Waals surface area contributed by atoms with E-state index in [4.69, 9.17) is 23.5 Å². The number of carbonyl (C=O) groups is 1. The second-order valence-corrected chi connectivity index (χ2v) is 7.44. The average molecular weight is 456 g/mol. The van der Waals surface area contributed by atoms with Crippen LogP contribution in [-0.2, 0) is 0 Å². The van der Waals surface area contributed by atoms with Gasteiger partial charge in [0.2, 0.25) is 17.5 Å². The smallest absolute Gasteiger partial charge is 0.251 e. The van der Waals surface area contributed by atoms with Crippen molar-refractivity contribution in [3.05, 3.63) is 47.9 Å². The number of benzene rings is 2. The van der Waals surface area contributed by atoms with Crippen LogP contribution in [0.2, 0.25) is 0 Å². The molecule has 0 aliphatic carbocycles. The Balaban J connectivity index is 1.90. The molecule has 3 rings (SSSR count). The fraction of sp³-hybridized carbons (Fsp3) is 0.375.